The number of ether oxygens (including phenoxy) is 1. The number of nitrogens with one attached hydrogen (secondary N) is 2. The Morgan fingerprint density at radius 2 is 2.00 bits per heavy atom. The molecule has 0 bridgehead atoms. The minimum absolute atomic E-state index is 0. The summed E-state index contributed by atoms with van der Waals surface area (Å²) in [4.78, 5) is 15.3. The number of carbonyl (C=O) groups is 1. The average molecular weight is 496 g/mol. The maximum absolute atomic E-state index is 11.1. The summed E-state index contributed by atoms with van der Waals surface area (Å²) in [5.74, 6) is 0.613. The van der Waals surface area contributed by atoms with Crippen molar-refractivity contribution in [3.8, 4) is 0 Å². The Balaban J connectivity index is 0.00000625. The molecule has 0 aliphatic heterocycles. The quantitative estimate of drug-likeness (QED) is 0.178. The molecule has 0 saturated heterocycles. The van der Waals surface area contributed by atoms with Crippen LogP contribution in [0.4, 0.5) is 0 Å². The van der Waals surface area contributed by atoms with Gasteiger partial charge in [0, 0.05) is 31.6 Å². The first-order valence-corrected chi connectivity index (χ1v) is 9.00. The van der Waals surface area contributed by atoms with Gasteiger partial charge in [-0.1, -0.05) is 37.6 Å². The van der Waals surface area contributed by atoms with Gasteiger partial charge in [0.2, 0.25) is 0 Å². The molecule has 1 aromatic rings. The summed E-state index contributed by atoms with van der Waals surface area (Å²) in [5, 5.41) is 7.41. The maximum atomic E-state index is 11.1. The lowest BCUT2D eigenvalue weighted by molar-refractivity contribution is -0.140. The van der Waals surface area contributed by atoms with Crippen LogP contribution in [-0.2, 0) is 16.0 Å². The van der Waals surface area contributed by atoms with E-state index in [-0.39, 0.29) is 35.4 Å². The fraction of sp³-hybridized carbons (Fsp3) is 0.579. The number of hydrogen-bond donors (Lipinski definition) is 2. The highest BCUT2D eigenvalue weighted by Gasteiger charge is 2.19. The van der Waals surface area contributed by atoms with Crippen LogP contribution in [0.3, 0.4) is 0 Å². The van der Waals surface area contributed by atoms with Gasteiger partial charge in [-0.25, -0.2) is 0 Å². The van der Waals surface area contributed by atoms with Crippen LogP contribution in [0, 0.1) is 5.41 Å². The molecule has 0 aliphatic carbocycles. The predicted molar refractivity (Wildman–Crippen MR) is 120 cm³/mol. The van der Waals surface area contributed by atoms with E-state index in [4.69, 9.17) is 11.6 Å². The van der Waals surface area contributed by atoms with Gasteiger partial charge in [0.05, 0.1) is 7.11 Å². The minimum Gasteiger partial charge on any atom is -0.469 e. The summed E-state index contributed by atoms with van der Waals surface area (Å²) in [6.45, 7) is 5.99. The van der Waals surface area contributed by atoms with Crippen LogP contribution in [0.1, 0.15) is 38.7 Å². The zero-order chi connectivity index (χ0) is 18.7. The molecule has 0 aliphatic rings. The summed E-state index contributed by atoms with van der Waals surface area (Å²) in [6, 6.07) is 7.98. The Morgan fingerprint density at radius 1 is 1.27 bits per heavy atom. The van der Waals surface area contributed by atoms with Gasteiger partial charge in [-0.3, -0.25) is 9.79 Å². The van der Waals surface area contributed by atoms with Crippen molar-refractivity contribution in [3.63, 3.8) is 0 Å². The summed E-state index contributed by atoms with van der Waals surface area (Å²) in [5.41, 5.74) is 1.29. The highest BCUT2D eigenvalue weighted by Crippen LogP contribution is 2.22. The van der Waals surface area contributed by atoms with E-state index in [1.165, 1.54) is 12.7 Å². The van der Waals surface area contributed by atoms with Gasteiger partial charge >= 0.3 is 5.97 Å². The first-order valence-electron chi connectivity index (χ1n) is 8.62. The van der Waals surface area contributed by atoms with Gasteiger partial charge in [-0.2, -0.15) is 0 Å². The summed E-state index contributed by atoms with van der Waals surface area (Å²) in [7, 11) is 3.17. The second kappa shape index (κ2) is 13.2. The van der Waals surface area contributed by atoms with Gasteiger partial charge in [0.25, 0.3) is 0 Å². The smallest absolute Gasteiger partial charge is 0.305 e. The molecule has 1 rings (SSSR count). The predicted octanol–water partition coefficient (Wildman–Crippen LogP) is 4.04. The van der Waals surface area contributed by atoms with E-state index in [2.05, 4.69) is 40.3 Å². The largest absolute Gasteiger partial charge is 0.469 e. The summed E-state index contributed by atoms with van der Waals surface area (Å²) >= 11 is 6.06. The number of nitrogens with zero attached hydrogens (tertiary/aromatic N) is 1. The number of aliphatic imine (C=N–C) groups is 1. The van der Waals surface area contributed by atoms with E-state index in [1.54, 1.807) is 7.05 Å². The van der Waals surface area contributed by atoms with E-state index in [9.17, 15) is 4.79 Å². The number of guanidine groups is 1. The standard InChI is InChI=1S/C19H30ClN3O2.HI/c1-19(2,13-15-8-7-9-16(20)12-15)14-23-18(21-3)22-11-6-5-10-17(24)25-4;/h7-9,12H,5-6,10-11,13-14H2,1-4H3,(H2,21,22,23);1H. The number of unbranched alkanes of at least 4 members (excludes halogenated alkanes) is 1. The Bertz CT molecular complexity index is 580. The molecule has 0 heterocycles. The molecular formula is C19H31ClIN3O2. The monoisotopic (exact) mass is 495 g/mol. The fourth-order valence-electron chi connectivity index (χ4n) is 2.51. The second-order valence-corrected chi connectivity index (χ2v) is 7.29. The van der Waals surface area contributed by atoms with Crippen LogP contribution in [0.25, 0.3) is 0 Å². The average Bonchev–Trinajstić information content (AvgIpc) is 2.56. The fourth-order valence-corrected chi connectivity index (χ4v) is 2.72. The van der Waals surface area contributed by atoms with Crippen molar-refractivity contribution in [2.24, 2.45) is 10.4 Å². The molecule has 1 aromatic carbocycles. The van der Waals surface area contributed by atoms with Gasteiger partial charge in [-0.15, -0.1) is 24.0 Å². The third kappa shape index (κ3) is 10.9. The third-order valence-corrected chi connectivity index (χ3v) is 4.09. The molecule has 26 heavy (non-hydrogen) atoms. The van der Waals surface area contributed by atoms with E-state index < -0.39 is 0 Å². The molecule has 0 radical (unpaired) electrons. The van der Waals surface area contributed by atoms with Crippen molar-refractivity contribution < 1.29 is 9.53 Å². The van der Waals surface area contributed by atoms with Gasteiger partial charge < -0.3 is 15.4 Å². The van der Waals surface area contributed by atoms with Crippen molar-refractivity contribution in [2.45, 2.75) is 39.5 Å². The highest BCUT2D eigenvalue weighted by molar-refractivity contribution is 14.0. The Kier molecular flexibility index (Phi) is 12.7. The van der Waals surface area contributed by atoms with Crippen LogP contribution in [0.5, 0.6) is 0 Å². The SMILES string of the molecule is CN=C(NCCCCC(=O)OC)NCC(C)(C)Cc1cccc(Cl)c1.I. The van der Waals surface area contributed by atoms with Gasteiger partial charge in [0.1, 0.15) is 0 Å². The molecule has 0 unspecified atom stereocenters. The molecule has 0 aromatic heterocycles. The zero-order valence-electron chi connectivity index (χ0n) is 16.1. The molecule has 7 heteroatoms. The molecule has 0 fully saturated rings. The summed E-state index contributed by atoms with van der Waals surface area (Å²) < 4.78 is 4.63. The number of esters is 1. The lowest BCUT2D eigenvalue weighted by atomic mass is 9.86. The van der Waals surface area contributed by atoms with Crippen molar-refractivity contribution >= 4 is 47.5 Å². The molecule has 5 nitrogen and oxygen atoms in total. The van der Waals surface area contributed by atoms with Crippen LogP contribution in [0.2, 0.25) is 5.02 Å². The highest BCUT2D eigenvalue weighted by atomic mass is 127. The molecular weight excluding hydrogens is 465 g/mol. The van der Waals surface area contributed by atoms with Crippen molar-refractivity contribution in [1.82, 2.24) is 10.6 Å². The molecule has 0 spiro atoms. The topological polar surface area (TPSA) is 62.7 Å². The number of benzene rings is 1. The van der Waals surface area contributed by atoms with Crippen molar-refractivity contribution in [2.75, 3.05) is 27.2 Å². The maximum Gasteiger partial charge on any atom is 0.305 e. The number of halogens is 2. The van der Waals surface area contributed by atoms with E-state index in [0.717, 1.165) is 43.3 Å². The van der Waals surface area contributed by atoms with E-state index in [0.29, 0.717) is 6.42 Å². The van der Waals surface area contributed by atoms with Crippen LogP contribution >= 0.6 is 35.6 Å². The normalized spacial score (nSPS) is 11.5. The molecule has 148 valence electrons. The zero-order valence-corrected chi connectivity index (χ0v) is 19.2. The molecule has 2 N–H and O–H groups in total. The lowest BCUT2D eigenvalue weighted by Gasteiger charge is -2.26. The number of carbonyl (C=O) groups excluding carboxylic acids is 1. The van der Waals surface area contributed by atoms with Crippen LogP contribution in [-0.4, -0.2) is 39.2 Å². The van der Waals surface area contributed by atoms with Crippen LogP contribution < -0.4 is 10.6 Å². The first-order chi connectivity index (χ1) is 11.9. The van der Waals surface area contributed by atoms with Crippen molar-refractivity contribution in [1.29, 1.82) is 0 Å². The molecule has 0 atom stereocenters. The Labute approximate surface area is 179 Å². The van der Waals surface area contributed by atoms with Gasteiger partial charge in [-0.05, 0) is 42.4 Å². The lowest BCUT2D eigenvalue weighted by Crippen LogP contribution is -2.42. The Hall–Kier alpha value is -1.02. The van der Waals surface area contributed by atoms with Crippen molar-refractivity contribution in [3.05, 3.63) is 34.9 Å². The number of methoxy groups -OCH3 is 1. The second-order valence-electron chi connectivity index (χ2n) is 6.86. The molecule has 0 saturated carbocycles. The van der Waals surface area contributed by atoms with E-state index >= 15 is 0 Å². The van der Waals surface area contributed by atoms with Crippen LogP contribution in [0.15, 0.2) is 29.3 Å². The summed E-state index contributed by atoms with van der Waals surface area (Å²) in [6.07, 6.45) is 3.08. The first kappa shape index (κ1) is 25.0. The van der Waals surface area contributed by atoms with E-state index in [1.807, 2.05) is 18.2 Å². The molecule has 0 amide bonds. The number of hydrogen-bond acceptors (Lipinski definition) is 3. The Morgan fingerprint density at radius 3 is 2.62 bits per heavy atom. The third-order valence-electron chi connectivity index (χ3n) is 3.86. The van der Waals surface area contributed by atoms with Gasteiger partial charge in [0.15, 0.2) is 5.96 Å². The minimum atomic E-state index is -0.162. The number of rotatable bonds is 9.